The number of carbonyl (C=O) groups excluding carboxylic acids is 1. The van der Waals surface area contributed by atoms with Gasteiger partial charge in [-0.1, -0.05) is 17.7 Å². The molecule has 0 aliphatic carbocycles. The van der Waals surface area contributed by atoms with E-state index in [0.717, 1.165) is 12.1 Å². The van der Waals surface area contributed by atoms with Gasteiger partial charge in [0, 0.05) is 22.2 Å². The normalized spacial score (nSPS) is 14.3. The van der Waals surface area contributed by atoms with Crippen molar-refractivity contribution in [1.82, 2.24) is 20.1 Å². The number of hydrogen-bond donors (Lipinski definition) is 2. The summed E-state index contributed by atoms with van der Waals surface area (Å²) in [5.41, 5.74) is -1.78. The van der Waals surface area contributed by atoms with Crippen LogP contribution in [0.25, 0.3) is 0 Å². The SMILES string of the molecule is CC(NC(=O)c1ccc(Cl)cc1)C(O)(Cn1cncn1)c1ccc(F)cc1F. The van der Waals surface area contributed by atoms with Gasteiger partial charge in [-0.2, -0.15) is 5.10 Å². The van der Waals surface area contributed by atoms with Gasteiger partial charge in [0.15, 0.2) is 0 Å². The van der Waals surface area contributed by atoms with Crippen LogP contribution in [0, 0.1) is 11.6 Å². The largest absolute Gasteiger partial charge is 0.381 e. The maximum atomic E-state index is 14.5. The summed E-state index contributed by atoms with van der Waals surface area (Å²) < 4.78 is 29.1. The second-order valence-electron chi connectivity index (χ2n) is 6.34. The third kappa shape index (κ3) is 4.18. The summed E-state index contributed by atoms with van der Waals surface area (Å²) in [5, 5.41) is 18.4. The molecule has 0 aliphatic rings. The third-order valence-corrected chi connectivity index (χ3v) is 4.69. The summed E-state index contributed by atoms with van der Waals surface area (Å²) in [4.78, 5) is 16.3. The minimum absolute atomic E-state index is 0.173. The van der Waals surface area contributed by atoms with Crippen molar-refractivity contribution in [2.75, 3.05) is 0 Å². The highest BCUT2D eigenvalue weighted by Crippen LogP contribution is 2.30. The van der Waals surface area contributed by atoms with E-state index in [1.165, 1.54) is 36.4 Å². The number of nitrogens with zero attached hydrogens (tertiary/aromatic N) is 3. The summed E-state index contributed by atoms with van der Waals surface area (Å²) in [6.45, 7) is 1.31. The van der Waals surface area contributed by atoms with E-state index in [4.69, 9.17) is 11.6 Å². The Morgan fingerprint density at radius 1 is 1.29 bits per heavy atom. The standard InChI is InChI=1S/C19H17ClF2N4O2/c1-12(25-18(27)13-2-4-14(20)5-3-13)19(28,9-26-11-23-10-24-26)16-7-6-15(21)8-17(16)22/h2-8,10-12,28H,9H2,1H3,(H,25,27). The number of halogens is 3. The van der Waals surface area contributed by atoms with E-state index in [1.54, 1.807) is 12.1 Å². The molecule has 0 saturated carbocycles. The molecule has 3 rings (SSSR count). The molecule has 0 radical (unpaired) electrons. The average Bonchev–Trinajstić information content (AvgIpc) is 3.14. The molecule has 9 heteroatoms. The van der Waals surface area contributed by atoms with Crippen LogP contribution in [0.1, 0.15) is 22.8 Å². The summed E-state index contributed by atoms with van der Waals surface area (Å²) in [7, 11) is 0. The highest BCUT2D eigenvalue weighted by molar-refractivity contribution is 6.30. The Hall–Kier alpha value is -2.84. The van der Waals surface area contributed by atoms with Crippen molar-refractivity contribution in [3.63, 3.8) is 0 Å². The second-order valence-corrected chi connectivity index (χ2v) is 6.78. The summed E-state index contributed by atoms with van der Waals surface area (Å²) in [5.74, 6) is -2.19. The Morgan fingerprint density at radius 2 is 2.00 bits per heavy atom. The van der Waals surface area contributed by atoms with E-state index in [9.17, 15) is 18.7 Å². The van der Waals surface area contributed by atoms with Gasteiger partial charge in [-0.3, -0.25) is 4.79 Å². The van der Waals surface area contributed by atoms with Gasteiger partial charge in [0.2, 0.25) is 0 Å². The van der Waals surface area contributed by atoms with Crippen molar-refractivity contribution < 1.29 is 18.7 Å². The molecule has 2 N–H and O–H groups in total. The van der Waals surface area contributed by atoms with Crippen molar-refractivity contribution in [3.8, 4) is 0 Å². The fourth-order valence-corrected chi connectivity index (χ4v) is 2.98. The van der Waals surface area contributed by atoms with Crippen LogP contribution in [0.3, 0.4) is 0 Å². The van der Waals surface area contributed by atoms with E-state index in [0.29, 0.717) is 16.7 Å². The zero-order chi connectivity index (χ0) is 20.3. The highest BCUT2D eigenvalue weighted by Gasteiger charge is 2.40. The first-order chi connectivity index (χ1) is 13.3. The number of aromatic nitrogens is 3. The first kappa shape index (κ1) is 19.9. The van der Waals surface area contributed by atoms with Crippen molar-refractivity contribution >= 4 is 17.5 Å². The summed E-state index contributed by atoms with van der Waals surface area (Å²) in [6.07, 6.45) is 2.61. The van der Waals surface area contributed by atoms with Crippen LogP contribution in [0.4, 0.5) is 8.78 Å². The molecule has 0 saturated heterocycles. The molecule has 3 aromatic rings. The van der Waals surface area contributed by atoms with Gasteiger partial charge >= 0.3 is 0 Å². The summed E-state index contributed by atoms with van der Waals surface area (Å²) >= 11 is 5.82. The van der Waals surface area contributed by atoms with Gasteiger partial charge in [0.1, 0.15) is 29.9 Å². The number of hydrogen-bond acceptors (Lipinski definition) is 4. The molecule has 6 nitrogen and oxygen atoms in total. The molecule has 0 spiro atoms. The molecule has 0 bridgehead atoms. The Kier molecular flexibility index (Phi) is 5.71. The Balaban J connectivity index is 1.93. The van der Waals surface area contributed by atoms with Gasteiger partial charge in [0.05, 0.1) is 12.6 Å². The van der Waals surface area contributed by atoms with Crippen LogP contribution >= 0.6 is 11.6 Å². The van der Waals surface area contributed by atoms with E-state index in [1.807, 2.05) is 0 Å². The molecule has 0 fully saturated rings. The molecule has 2 aromatic carbocycles. The number of rotatable bonds is 6. The lowest BCUT2D eigenvalue weighted by molar-refractivity contribution is -0.0186. The molecule has 1 heterocycles. The van der Waals surface area contributed by atoms with Crippen molar-refractivity contribution in [1.29, 1.82) is 0 Å². The minimum atomic E-state index is -1.92. The van der Waals surface area contributed by atoms with Crippen LogP contribution in [0.2, 0.25) is 5.02 Å². The van der Waals surface area contributed by atoms with Crippen molar-refractivity contribution in [3.05, 3.63) is 82.9 Å². The number of carbonyl (C=O) groups is 1. The molecule has 28 heavy (non-hydrogen) atoms. The Morgan fingerprint density at radius 3 is 2.61 bits per heavy atom. The van der Waals surface area contributed by atoms with E-state index >= 15 is 0 Å². The van der Waals surface area contributed by atoms with Crippen LogP contribution < -0.4 is 5.32 Å². The number of benzene rings is 2. The van der Waals surface area contributed by atoms with Crippen LogP contribution in [-0.4, -0.2) is 31.8 Å². The minimum Gasteiger partial charge on any atom is -0.381 e. The lowest BCUT2D eigenvalue weighted by Gasteiger charge is -2.35. The van der Waals surface area contributed by atoms with Crippen LogP contribution in [0.15, 0.2) is 55.1 Å². The predicted octanol–water partition coefficient (Wildman–Crippen LogP) is 2.92. The molecular weight excluding hydrogens is 390 g/mol. The average molecular weight is 407 g/mol. The van der Waals surface area contributed by atoms with Gasteiger partial charge < -0.3 is 10.4 Å². The van der Waals surface area contributed by atoms with Gasteiger partial charge in [-0.25, -0.2) is 18.4 Å². The van der Waals surface area contributed by atoms with Gasteiger partial charge in [-0.05, 0) is 37.3 Å². The van der Waals surface area contributed by atoms with Crippen LogP contribution in [-0.2, 0) is 12.1 Å². The van der Waals surface area contributed by atoms with E-state index in [-0.39, 0.29) is 12.1 Å². The van der Waals surface area contributed by atoms with Crippen molar-refractivity contribution in [2.24, 2.45) is 0 Å². The first-order valence-corrected chi connectivity index (χ1v) is 8.74. The smallest absolute Gasteiger partial charge is 0.251 e. The highest BCUT2D eigenvalue weighted by atomic mass is 35.5. The number of aliphatic hydroxyl groups is 1. The number of nitrogens with one attached hydrogen (secondary N) is 1. The molecule has 146 valence electrons. The van der Waals surface area contributed by atoms with Crippen molar-refractivity contribution in [2.45, 2.75) is 25.1 Å². The Labute approximate surface area is 164 Å². The maximum absolute atomic E-state index is 14.5. The molecule has 1 aromatic heterocycles. The molecule has 2 unspecified atom stereocenters. The van der Waals surface area contributed by atoms with Gasteiger partial charge in [0.25, 0.3) is 5.91 Å². The zero-order valence-electron chi connectivity index (χ0n) is 14.8. The number of amides is 1. The molecule has 0 aliphatic heterocycles. The lowest BCUT2D eigenvalue weighted by Crippen LogP contribution is -2.51. The quantitative estimate of drug-likeness (QED) is 0.659. The maximum Gasteiger partial charge on any atom is 0.251 e. The monoisotopic (exact) mass is 406 g/mol. The fourth-order valence-electron chi connectivity index (χ4n) is 2.86. The first-order valence-electron chi connectivity index (χ1n) is 8.36. The molecular formula is C19H17ClF2N4O2. The molecule has 1 amide bonds. The fraction of sp³-hybridized carbons (Fsp3) is 0.211. The summed E-state index contributed by atoms with van der Waals surface area (Å²) in [6, 6.07) is 8.07. The van der Waals surface area contributed by atoms with E-state index in [2.05, 4.69) is 15.4 Å². The zero-order valence-corrected chi connectivity index (χ0v) is 15.6. The van der Waals surface area contributed by atoms with Gasteiger partial charge in [-0.15, -0.1) is 0 Å². The molecule has 2 atom stereocenters. The second kappa shape index (κ2) is 8.04. The van der Waals surface area contributed by atoms with E-state index < -0.39 is 29.2 Å². The topological polar surface area (TPSA) is 80.0 Å². The Bertz CT molecular complexity index is 967. The van der Waals surface area contributed by atoms with Crippen LogP contribution in [0.5, 0.6) is 0 Å². The lowest BCUT2D eigenvalue weighted by atomic mass is 9.86. The predicted molar refractivity (Wildman–Crippen MR) is 98.7 cm³/mol. The third-order valence-electron chi connectivity index (χ3n) is 4.44.